The molecule has 0 aliphatic carbocycles. The van der Waals surface area contributed by atoms with E-state index in [2.05, 4.69) is 16.8 Å². The number of carbonyl (C=O) groups is 1. The van der Waals surface area contributed by atoms with E-state index in [9.17, 15) is 4.79 Å². The van der Waals surface area contributed by atoms with Gasteiger partial charge in [0.15, 0.2) is 0 Å². The van der Waals surface area contributed by atoms with E-state index < -0.39 is 0 Å². The van der Waals surface area contributed by atoms with Gasteiger partial charge in [-0.25, -0.2) is 0 Å². The van der Waals surface area contributed by atoms with E-state index in [1.54, 1.807) is 17.2 Å². The van der Waals surface area contributed by atoms with Gasteiger partial charge < -0.3 is 10.0 Å². The zero-order valence-corrected chi connectivity index (χ0v) is 11.0. The molecule has 18 heavy (non-hydrogen) atoms. The quantitative estimate of drug-likeness (QED) is 0.818. The van der Waals surface area contributed by atoms with Crippen molar-refractivity contribution in [3.8, 4) is 11.8 Å². The van der Waals surface area contributed by atoms with E-state index in [1.165, 1.54) is 6.20 Å². The van der Waals surface area contributed by atoms with Gasteiger partial charge in [-0.1, -0.05) is 11.8 Å². The van der Waals surface area contributed by atoms with Gasteiger partial charge in [-0.15, -0.1) is 0 Å². The molecule has 0 atom stereocenters. The Labute approximate surface area is 108 Å². The van der Waals surface area contributed by atoms with Crippen LogP contribution in [0.15, 0.2) is 18.5 Å². The van der Waals surface area contributed by atoms with Gasteiger partial charge in [-0.3, -0.25) is 9.78 Å². The second-order valence-electron chi connectivity index (χ2n) is 4.11. The van der Waals surface area contributed by atoms with E-state index in [4.69, 9.17) is 5.11 Å². The van der Waals surface area contributed by atoms with Crippen LogP contribution in [-0.2, 0) is 0 Å². The molecule has 0 spiro atoms. The maximum atomic E-state index is 12.2. The van der Waals surface area contributed by atoms with Crippen LogP contribution in [0.2, 0.25) is 0 Å². The standard InChI is InChI=1S/C14H18N2O2/c1-4-16(11(2)3)14(18)13-8-12(6-5-7-17)9-15-10-13/h8-11,17H,4,7H2,1-3H3. The summed E-state index contributed by atoms with van der Waals surface area (Å²) < 4.78 is 0. The molecule has 0 fully saturated rings. The summed E-state index contributed by atoms with van der Waals surface area (Å²) in [6, 6.07) is 1.85. The van der Waals surface area contributed by atoms with Crippen LogP contribution in [0.4, 0.5) is 0 Å². The molecule has 4 nitrogen and oxygen atoms in total. The van der Waals surface area contributed by atoms with Gasteiger partial charge in [-0.2, -0.15) is 0 Å². The number of hydrogen-bond donors (Lipinski definition) is 1. The lowest BCUT2D eigenvalue weighted by Crippen LogP contribution is -2.36. The highest BCUT2D eigenvalue weighted by atomic mass is 16.2. The first-order valence-corrected chi connectivity index (χ1v) is 5.95. The molecule has 1 rings (SSSR count). The molecule has 1 amide bonds. The highest BCUT2D eigenvalue weighted by molar-refractivity contribution is 5.94. The monoisotopic (exact) mass is 246 g/mol. The number of aliphatic hydroxyl groups is 1. The largest absolute Gasteiger partial charge is 0.384 e. The minimum atomic E-state index is -0.203. The van der Waals surface area contributed by atoms with Crippen molar-refractivity contribution in [3.05, 3.63) is 29.6 Å². The summed E-state index contributed by atoms with van der Waals surface area (Å²) in [5.41, 5.74) is 1.16. The Hall–Kier alpha value is -1.86. The van der Waals surface area contributed by atoms with Crippen LogP contribution in [0.3, 0.4) is 0 Å². The molecule has 0 saturated carbocycles. The first-order valence-electron chi connectivity index (χ1n) is 5.95. The van der Waals surface area contributed by atoms with Gasteiger partial charge in [0.05, 0.1) is 5.56 Å². The number of pyridine rings is 1. The minimum absolute atomic E-state index is 0.0485. The molecule has 4 heteroatoms. The van der Waals surface area contributed by atoms with E-state index in [0.29, 0.717) is 17.7 Å². The molecule has 1 aromatic heterocycles. The Morgan fingerprint density at radius 1 is 1.50 bits per heavy atom. The van der Waals surface area contributed by atoms with Crippen molar-refractivity contribution in [3.63, 3.8) is 0 Å². The summed E-state index contributed by atoms with van der Waals surface area (Å²) in [6.45, 7) is 6.35. The van der Waals surface area contributed by atoms with Gasteiger partial charge in [0.2, 0.25) is 0 Å². The van der Waals surface area contributed by atoms with E-state index in [-0.39, 0.29) is 18.6 Å². The predicted molar refractivity (Wildman–Crippen MR) is 70.0 cm³/mol. The van der Waals surface area contributed by atoms with Gasteiger partial charge in [0, 0.05) is 30.5 Å². The molecular formula is C14H18N2O2. The van der Waals surface area contributed by atoms with Crippen LogP contribution in [0.25, 0.3) is 0 Å². The van der Waals surface area contributed by atoms with Crippen LogP contribution >= 0.6 is 0 Å². The second-order valence-corrected chi connectivity index (χ2v) is 4.11. The number of aromatic nitrogens is 1. The number of amides is 1. The lowest BCUT2D eigenvalue weighted by molar-refractivity contribution is 0.0716. The Kier molecular flexibility index (Phi) is 5.34. The fourth-order valence-corrected chi connectivity index (χ4v) is 1.68. The zero-order chi connectivity index (χ0) is 13.5. The maximum absolute atomic E-state index is 12.2. The molecule has 0 aliphatic heterocycles. The van der Waals surface area contributed by atoms with Crippen molar-refractivity contribution in [1.29, 1.82) is 0 Å². The molecule has 0 bridgehead atoms. The summed E-state index contributed by atoms with van der Waals surface area (Å²) in [5, 5.41) is 8.64. The first-order chi connectivity index (χ1) is 8.60. The average Bonchev–Trinajstić information content (AvgIpc) is 2.37. The number of hydrogen-bond acceptors (Lipinski definition) is 3. The predicted octanol–water partition coefficient (Wildman–Crippen LogP) is 1.30. The molecule has 0 aromatic carbocycles. The Bertz CT molecular complexity index is 472. The third-order valence-corrected chi connectivity index (χ3v) is 2.52. The summed E-state index contributed by atoms with van der Waals surface area (Å²) in [7, 11) is 0. The molecule has 0 radical (unpaired) electrons. The third kappa shape index (κ3) is 3.57. The van der Waals surface area contributed by atoms with Crippen molar-refractivity contribution >= 4 is 5.91 Å². The lowest BCUT2D eigenvalue weighted by atomic mass is 10.1. The Morgan fingerprint density at radius 3 is 2.78 bits per heavy atom. The Morgan fingerprint density at radius 2 is 2.22 bits per heavy atom. The number of carbonyl (C=O) groups excluding carboxylic acids is 1. The van der Waals surface area contributed by atoms with Gasteiger partial charge in [0.25, 0.3) is 5.91 Å². The molecule has 1 aromatic rings. The summed E-state index contributed by atoms with van der Waals surface area (Å²) in [4.78, 5) is 18.0. The summed E-state index contributed by atoms with van der Waals surface area (Å²) in [6.07, 6.45) is 3.11. The van der Waals surface area contributed by atoms with Gasteiger partial charge in [-0.05, 0) is 26.8 Å². The van der Waals surface area contributed by atoms with Crippen LogP contribution in [0, 0.1) is 11.8 Å². The maximum Gasteiger partial charge on any atom is 0.255 e. The summed E-state index contributed by atoms with van der Waals surface area (Å²) >= 11 is 0. The number of nitrogens with zero attached hydrogens (tertiary/aromatic N) is 2. The van der Waals surface area contributed by atoms with Crippen LogP contribution < -0.4 is 0 Å². The SMILES string of the molecule is CCN(C(=O)c1cncc(C#CCO)c1)C(C)C. The van der Waals surface area contributed by atoms with Crippen LogP contribution in [0.5, 0.6) is 0 Å². The third-order valence-electron chi connectivity index (χ3n) is 2.52. The summed E-state index contributed by atoms with van der Waals surface area (Å²) in [5.74, 6) is 5.23. The van der Waals surface area contributed by atoms with Gasteiger partial charge in [0.1, 0.15) is 6.61 Å². The van der Waals surface area contributed by atoms with Crippen molar-refractivity contribution < 1.29 is 9.90 Å². The molecule has 0 unspecified atom stereocenters. The van der Waals surface area contributed by atoms with Gasteiger partial charge >= 0.3 is 0 Å². The van der Waals surface area contributed by atoms with E-state index in [0.717, 1.165) is 0 Å². The molecule has 96 valence electrons. The molecule has 0 saturated heterocycles. The van der Waals surface area contributed by atoms with E-state index in [1.807, 2.05) is 20.8 Å². The number of rotatable bonds is 3. The molecule has 0 aliphatic rings. The second kappa shape index (κ2) is 6.77. The zero-order valence-electron chi connectivity index (χ0n) is 11.0. The normalized spacial score (nSPS) is 9.83. The molecule has 1 heterocycles. The van der Waals surface area contributed by atoms with Crippen molar-refractivity contribution in [2.45, 2.75) is 26.8 Å². The van der Waals surface area contributed by atoms with E-state index >= 15 is 0 Å². The van der Waals surface area contributed by atoms with Crippen molar-refractivity contribution in [1.82, 2.24) is 9.88 Å². The Balaban J connectivity index is 2.99. The lowest BCUT2D eigenvalue weighted by Gasteiger charge is -2.25. The average molecular weight is 246 g/mol. The van der Waals surface area contributed by atoms with Crippen molar-refractivity contribution in [2.75, 3.05) is 13.2 Å². The molecular weight excluding hydrogens is 228 g/mol. The fraction of sp³-hybridized carbons (Fsp3) is 0.429. The topological polar surface area (TPSA) is 53.4 Å². The highest BCUT2D eigenvalue weighted by Gasteiger charge is 2.17. The number of aliphatic hydroxyl groups excluding tert-OH is 1. The first kappa shape index (κ1) is 14.2. The van der Waals surface area contributed by atoms with Crippen LogP contribution in [0.1, 0.15) is 36.7 Å². The smallest absolute Gasteiger partial charge is 0.255 e. The highest BCUT2D eigenvalue weighted by Crippen LogP contribution is 2.08. The van der Waals surface area contributed by atoms with Crippen molar-refractivity contribution in [2.24, 2.45) is 0 Å². The van der Waals surface area contributed by atoms with Crippen LogP contribution in [-0.4, -0.2) is 40.1 Å². The minimum Gasteiger partial charge on any atom is -0.384 e. The fourth-order valence-electron chi connectivity index (χ4n) is 1.68. The molecule has 1 N–H and O–H groups in total.